The number of hydrogen-bond acceptors (Lipinski definition) is 2. The minimum atomic E-state index is -0.222. The van der Waals surface area contributed by atoms with Crippen molar-refractivity contribution < 1.29 is 14.5 Å². The first kappa shape index (κ1) is 16.0. The van der Waals surface area contributed by atoms with Crippen LogP contribution in [0.1, 0.15) is 40.5 Å². The van der Waals surface area contributed by atoms with Crippen LogP contribution in [0.15, 0.2) is 0 Å². The summed E-state index contributed by atoms with van der Waals surface area (Å²) in [5.74, 6) is 0.668. The Hall–Kier alpha value is -1.10. The minimum Gasteiger partial charge on any atom is -0.348 e. The molecule has 1 unspecified atom stereocenters. The third kappa shape index (κ3) is 7.15. The van der Waals surface area contributed by atoms with E-state index in [1.54, 1.807) is 0 Å². The van der Waals surface area contributed by atoms with E-state index in [2.05, 4.69) is 17.6 Å². The highest BCUT2D eigenvalue weighted by Crippen LogP contribution is 2.32. The predicted octanol–water partition coefficient (Wildman–Crippen LogP) is -0.669. The van der Waals surface area contributed by atoms with Gasteiger partial charge in [0, 0.05) is 11.6 Å². The van der Waals surface area contributed by atoms with Crippen molar-refractivity contribution in [2.75, 3.05) is 20.1 Å². The Morgan fingerprint density at radius 2 is 1.74 bits per heavy atom. The molecule has 5 heteroatoms. The predicted molar refractivity (Wildman–Crippen MR) is 74.8 cm³/mol. The molecule has 2 atom stereocenters. The van der Waals surface area contributed by atoms with Gasteiger partial charge < -0.3 is 15.5 Å². The largest absolute Gasteiger partial charge is 0.348 e. The number of carbonyl (C=O) groups excluding carboxylic acids is 2. The Balaban J connectivity index is 2.23. The van der Waals surface area contributed by atoms with Gasteiger partial charge in [-0.2, -0.15) is 0 Å². The molecular weight excluding hydrogens is 242 g/mol. The lowest BCUT2D eigenvalue weighted by molar-refractivity contribution is -0.862. The topological polar surface area (TPSA) is 62.6 Å². The normalized spacial score (nSPS) is 18.6. The van der Waals surface area contributed by atoms with E-state index >= 15 is 0 Å². The van der Waals surface area contributed by atoms with Gasteiger partial charge in [-0.25, -0.2) is 0 Å². The van der Waals surface area contributed by atoms with Crippen LogP contribution in [0.5, 0.6) is 0 Å². The van der Waals surface area contributed by atoms with Crippen molar-refractivity contribution in [1.29, 1.82) is 0 Å². The zero-order valence-electron chi connectivity index (χ0n) is 12.8. The number of carbonyl (C=O) groups is 2. The van der Waals surface area contributed by atoms with Crippen LogP contribution in [0.2, 0.25) is 0 Å². The molecule has 1 aliphatic rings. The number of quaternary nitrogens is 1. The molecule has 2 amide bonds. The summed E-state index contributed by atoms with van der Waals surface area (Å²) in [7, 11) is 1.86. The maximum atomic E-state index is 11.8. The average Bonchev–Trinajstić information content (AvgIpc) is 2.94. The second-order valence-electron chi connectivity index (χ2n) is 6.80. The number of likely N-dealkylation sites (N-methyl/N-ethyl adjacent to an activating group) is 1. The molecule has 19 heavy (non-hydrogen) atoms. The Kier molecular flexibility index (Phi) is 5.35. The number of rotatable bonds is 6. The Bertz CT molecular complexity index is 332. The number of amides is 2. The molecule has 0 radical (unpaired) electrons. The van der Waals surface area contributed by atoms with Crippen molar-refractivity contribution in [1.82, 2.24) is 10.6 Å². The fourth-order valence-electron chi connectivity index (χ4n) is 2.09. The zero-order chi connectivity index (χ0) is 14.6. The van der Waals surface area contributed by atoms with E-state index in [1.165, 1.54) is 12.8 Å². The lowest BCUT2D eigenvalue weighted by Crippen LogP contribution is -3.11. The minimum absolute atomic E-state index is 0.0203. The van der Waals surface area contributed by atoms with Crippen LogP contribution < -0.4 is 15.5 Å². The first-order valence-corrected chi connectivity index (χ1v) is 7.09. The van der Waals surface area contributed by atoms with Crippen LogP contribution in [0.3, 0.4) is 0 Å². The molecule has 0 aliphatic heterocycles. The van der Waals surface area contributed by atoms with Gasteiger partial charge in [-0.15, -0.1) is 0 Å². The van der Waals surface area contributed by atoms with E-state index in [1.807, 2.05) is 27.8 Å². The molecule has 0 heterocycles. The first-order chi connectivity index (χ1) is 8.67. The van der Waals surface area contributed by atoms with Gasteiger partial charge in [0.25, 0.3) is 11.8 Å². The van der Waals surface area contributed by atoms with E-state index in [9.17, 15) is 9.59 Å². The highest BCUT2D eigenvalue weighted by atomic mass is 16.2. The van der Waals surface area contributed by atoms with Crippen molar-refractivity contribution in [3.05, 3.63) is 0 Å². The summed E-state index contributed by atoms with van der Waals surface area (Å²) in [5, 5.41) is 5.90. The summed E-state index contributed by atoms with van der Waals surface area (Å²) in [6.07, 6.45) is 2.44. The van der Waals surface area contributed by atoms with Gasteiger partial charge in [-0.05, 0) is 46.5 Å². The molecule has 0 spiro atoms. The van der Waals surface area contributed by atoms with Crippen molar-refractivity contribution >= 4 is 11.8 Å². The van der Waals surface area contributed by atoms with Gasteiger partial charge >= 0.3 is 0 Å². The fraction of sp³-hybridized carbons (Fsp3) is 0.857. The molecule has 0 aromatic carbocycles. The van der Waals surface area contributed by atoms with Crippen LogP contribution in [-0.4, -0.2) is 43.5 Å². The molecular formula is C14H28N3O2+. The van der Waals surface area contributed by atoms with Crippen molar-refractivity contribution in [3.8, 4) is 0 Å². The smallest absolute Gasteiger partial charge is 0.275 e. The third-order valence-electron chi connectivity index (χ3n) is 3.16. The highest BCUT2D eigenvalue weighted by molar-refractivity contribution is 5.79. The van der Waals surface area contributed by atoms with Gasteiger partial charge in [-0.3, -0.25) is 9.59 Å². The maximum absolute atomic E-state index is 11.8. The van der Waals surface area contributed by atoms with Gasteiger partial charge in [0.1, 0.15) is 0 Å². The zero-order valence-corrected chi connectivity index (χ0v) is 12.8. The molecule has 110 valence electrons. The maximum Gasteiger partial charge on any atom is 0.275 e. The van der Waals surface area contributed by atoms with Crippen LogP contribution in [0.25, 0.3) is 0 Å². The standard InChI is InChI=1S/C14H27N3O2/c1-10(11-6-7-11)15-12(18)8-17(5)9-13(19)16-14(2,3)4/h10-11H,6-9H2,1-5H3,(H,15,18)(H,16,19)/p+1/t10-/m1/s1. The van der Waals surface area contributed by atoms with Crippen molar-refractivity contribution in [3.63, 3.8) is 0 Å². The SMILES string of the molecule is C[C@@H](NC(=O)C[NH+](C)CC(=O)NC(C)(C)C)C1CC1. The fourth-order valence-corrected chi connectivity index (χ4v) is 2.09. The Morgan fingerprint density at radius 1 is 1.21 bits per heavy atom. The molecule has 1 fully saturated rings. The summed E-state index contributed by atoms with van der Waals surface area (Å²) in [4.78, 5) is 24.4. The summed E-state index contributed by atoms with van der Waals surface area (Å²) in [6.45, 7) is 8.56. The first-order valence-electron chi connectivity index (χ1n) is 7.09. The van der Waals surface area contributed by atoms with Crippen molar-refractivity contribution in [2.45, 2.75) is 52.1 Å². The van der Waals surface area contributed by atoms with Crippen LogP contribution in [0, 0.1) is 5.92 Å². The molecule has 3 N–H and O–H groups in total. The summed E-state index contributed by atoms with van der Waals surface area (Å²) in [5.41, 5.74) is -0.222. The summed E-state index contributed by atoms with van der Waals surface area (Å²) >= 11 is 0. The number of nitrogens with one attached hydrogen (secondary N) is 3. The molecule has 5 nitrogen and oxygen atoms in total. The lowest BCUT2D eigenvalue weighted by Gasteiger charge is -2.22. The van der Waals surface area contributed by atoms with Crippen LogP contribution in [0.4, 0.5) is 0 Å². The molecule has 0 aromatic rings. The molecule has 1 saturated carbocycles. The van der Waals surface area contributed by atoms with E-state index in [0.29, 0.717) is 19.0 Å². The third-order valence-corrected chi connectivity index (χ3v) is 3.16. The number of hydrogen-bond donors (Lipinski definition) is 3. The monoisotopic (exact) mass is 270 g/mol. The second kappa shape index (κ2) is 6.37. The van der Waals surface area contributed by atoms with Crippen LogP contribution >= 0.6 is 0 Å². The molecule has 0 aromatic heterocycles. The quantitative estimate of drug-likeness (QED) is 0.599. The van der Waals surface area contributed by atoms with E-state index < -0.39 is 0 Å². The second-order valence-corrected chi connectivity index (χ2v) is 6.80. The van der Waals surface area contributed by atoms with Gasteiger partial charge in [0.2, 0.25) is 0 Å². The van der Waals surface area contributed by atoms with Gasteiger partial charge in [0.15, 0.2) is 13.1 Å². The highest BCUT2D eigenvalue weighted by Gasteiger charge is 2.29. The van der Waals surface area contributed by atoms with Crippen LogP contribution in [-0.2, 0) is 9.59 Å². The van der Waals surface area contributed by atoms with E-state index in [4.69, 9.17) is 0 Å². The Morgan fingerprint density at radius 3 is 2.21 bits per heavy atom. The summed E-state index contributed by atoms with van der Waals surface area (Å²) < 4.78 is 0. The summed E-state index contributed by atoms with van der Waals surface area (Å²) in [6, 6.07) is 0.267. The van der Waals surface area contributed by atoms with Gasteiger partial charge in [-0.1, -0.05) is 0 Å². The van der Waals surface area contributed by atoms with E-state index in [0.717, 1.165) is 4.90 Å². The molecule has 0 saturated heterocycles. The average molecular weight is 270 g/mol. The van der Waals surface area contributed by atoms with E-state index in [-0.39, 0.29) is 23.4 Å². The van der Waals surface area contributed by atoms with Gasteiger partial charge in [0.05, 0.1) is 7.05 Å². The Labute approximate surface area is 116 Å². The van der Waals surface area contributed by atoms with Crippen molar-refractivity contribution in [2.24, 2.45) is 5.92 Å². The molecule has 1 aliphatic carbocycles. The molecule has 0 bridgehead atoms. The molecule has 1 rings (SSSR count). The lowest BCUT2D eigenvalue weighted by atomic mass is 10.1.